The van der Waals surface area contributed by atoms with E-state index in [1.54, 1.807) is 14.2 Å². The molecule has 0 spiro atoms. The van der Waals surface area contributed by atoms with Crippen molar-refractivity contribution in [1.29, 1.82) is 0 Å². The second kappa shape index (κ2) is 7.04. The number of nitrogens with zero attached hydrogens (tertiary/aromatic N) is 2. The lowest BCUT2D eigenvalue weighted by Crippen LogP contribution is -2.30. The molecule has 2 fully saturated rings. The first-order chi connectivity index (χ1) is 12.3. The summed E-state index contributed by atoms with van der Waals surface area (Å²) in [7, 11) is 3.27. The zero-order chi connectivity index (χ0) is 17.2. The number of rotatable bonds is 5. The molecule has 2 aromatic rings. The van der Waals surface area contributed by atoms with Crippen LogP contribution in [0.1, 0.15) is 55.4 Å². The Morgan fingerprint density at radius 2 is 2.00 bits per heavy atom. The average molecular weight is 343 g/mol. The average Bonchev–Trinajstić information content (AvgIpc) is 3.28. The van der Waals surface area contributed by atoms with Crippen LogP contribution in [0, 0.1) is 5.92 Å². The molecular formula is C19H25N3O3. The fourth-order valence-electron chi connectivity index (χ4n) is 4.16. The molecule has 1 aliphatic carbocycles. The molecule has 3 unspecified atom stereocenters. The molecule has 0 radical (unpaired) electrons. The van der Waals surface area contributed by atoms with Gasteiger partial charge in [-0.1, -0.05) is 24.1 Å². The van der Waals surface area contributed by atoms with Crippen molar-refractivity contribution in [1.82, 2.24) is 15.5 Å². The number of hydrogen-bond acceptors (Lipinski definition) is 6. The van der Waals surface area contributed by atoms with Crippen molar-refractivity contribution in [3.8, 4) is 11.5 Å². The van der Waals surface area contributed by atoms with Crippen molar-refractivity contribution in [2.75, 3.05) is 14.2 Å². The van der Waals surface area contributed by atoms with Crippen LogP contribution in [0.3, 0.4) is 0 Å². The minimum atomic E-state index is 0.208. The predicted octanol–water partition coefficient (Wildman–Crippen LogP) is 3.27. The Hall–Kier alpha value is -2.08. The Bertz CT molecular complexity index is 716. The molecule has 1 aliphatic heterocycles. The van der Waals surface area contributed by atoms with Gasteiger partial charge in [-0.2, -0.15) is 4.98 Å². The van der Waals surface area contributed by atoms with Crippen LogP contribution >= 0.6 is 0 Å². The van der Waals surface area contributed by atoms with Crippen LogP contribution in [0.25, 0.3) is 0 Å². The maximum atomic E-state index is 5.55. The Kier molecular flexibility index (Phi) is 4.61. The Morgan fingerprint density at radius 3 is 2.80 bits per heavy atom. The molecule has 25 heavy (non-hydrogen) atoms. The van der Waals surface area contributed by atoms with Crippen molar-refractivity contribution in [3.05, 3.63) is 35.5 Å². The normalized spacial score (nSPS) is 25.6. The van der Waals surface area contributed by atoms with Crippen LogP contribution in [0.4, 0.5) is 0 Å². The highest BCUT2D eigenvalue weighted by Gasteiger charge is 2.38. The third-order valence-electron chi connectivity index (χ3n) is 5.45. The summed E-state index contributed by atoms with van der Waals surface area (Å²) in [6.07, 6.45) is 7.00. The molecule has 1 N–H and O–H groups in total. The summed E-state index contributed by atoms with van der Waals surface area (Å²) in [5.41, 5.74) is 1.07. The number of aromatic nitrogens is 2. The topological polar surface area (TPSA) is 69.4 Å². The maximum absolute atomic E-state index is 5.55. The van der Waals surface area contributed by atoms with Crippen molar-refractivity contribution in [3.63, 3.8) is 0 Å². The van der Waals surface area contributed by atoms with Gasteiger partial charge in [0.2, 0.25) is 5.89 Å². The van der Waals surface area contributed by atoms with E-state index in [1.807, 2.05) is 18.2 Å². The molecule has 0 bridgehead atoms. The fraction of sp³-hybridized carbons (Fsp3) is 0.579. The lowest BCUT2D eigenvalue weighted by Gasteiger charge is -2.24. The quantitative estimate of drug-likeness (QED) is 0.898. The van der Waals surface area contributed by atoms with Crippen molar-refractivity contribution >= 4 is 0 Å². The van der Waals surface area contributed by atoms with Gasteiger partial charge in [0.1, 0.15) is 0 Å². The SMILES string of the molecule is COc1ccc(Cc2noc(C3CC4CCCCC4N3)n2)cc1OC. The van der Waals surface area contributed by atoms with Gasteiger partial charge in [-0.15, -0.1) is 0 Å². The van der Waals surface area contributed by atoms with Gasteiger partial charge >= 0.3 is 0 Å². The zero-order valence-corrected chi connectivity index (χ0v) is 14.8. The highest BCUT2D eigenvalue weighted by molar-refractivity contribution is 5.43. The lowest BCUT2D eigenvalue weighted by atomic mass is 9.85. The fourth-order valence-corrected chi connectivity index (χ4v) is 4.16. The number of benzene rings is 1. The van der Waals surface area contributed by atoms with E-state index in [2.05, 4.69) is 15.5 Å². The Balaban J connectivity index is 1.45. The summed E-state index contributed by atoms with van der Waals surface area (Å²) in [5.74, 6) is 3.63. The van der Waals surface area contributed by atoms with Gasteiger partial charge in [0.25, 0.3) is 0 Å². The molecule has 4 rings (SSSR count). The molecule has 1 aromatic heterocycles. The number of nitrogens with one attached hydrogen (secondary N) is 1. The third-order valence-corrected chi connectivity index (χ3v) is 5.45. The molecule has 3 atom stereocenters. The molecule has 0 amide bonds. The van der Waals surface area contributed by atoms with E-state index in [-0.39, 0.29) is 6.04 Å². The van der Waals surface area contributed by atoms with Gasteiger partial charge in [0.15, 0.2) is 17.3 Å². The minimum Gasteiger partial charge on any atom is -0.493 e. The van der Waals surface area contributed by atoms with E-state index < -0.39 is 0 Å². The second-order valence-corrected chi connectivity index (χ2v) is 7.02. The molecule has 1 saturated carbocycles. The first-order valence-corrected chi connectivity index (χ1v) is 9.06. The largest absolute Gasteiger partial charge is 0.493 e. The summed E-state index contributed by atoms with van der Waals surface area (Å²) >= 11 is 0. The summed E-state index contributed by atoms with van der Waals surface area (Å²) < 4.78 is 16.2. The highest BCUT2D eigenvalue weighted by atomic mass is 16.5. The molecule has 2 heterocycles. The van der Waals surface area contributed by atoms with Gasteiger partial charge in [0, 0.05) is 12.5 Å². The van der Waals surface area contributed by atoms with Crippen LogP contribution in [0.5, 0.6) is 11.5 Å². The van der Waals surface area contributed by atoms with Crippen LogP contribution in [0.2, 0.25) is 0 Å². The van der Waals surface area contributed by atoms with Crippen LogP contribution in [0.15, 0.2) is 22.7 Å². The van der Waals surface area contributed by atoms with Crippen molar-refractivity contribution < 1.29 is 14.0 Å². The maximum Gasteiger partial charge on any atom is 0.243 e. The second-order valence-electron chi connectivity index (χ2n) is 7.02. The van der Waals surface area contributed by atoms with Gasteiger partial charge in [-0.3, -0.25) is 0 Å². The summed E-state index contributed by atoms with van der Waals surface area (Å²) in [5, 5.41) is 7.86. The lowest BCUT2D eigenvalue weighted by molar-refractivity contribution is 0.324. The molecular weight excluding hydrogens is 318 g/mol. The monoisotopic (exact) mass is 343 g/mol. The molecule has 6 nitrogen and oxygen atoms in total. The molecule has 1 aromatic carbocycles. The van der Waals surface area contributed by atoms with Gasteiger partial charge < -0.3 is 19.3 Å². The number of methoxy groups -OCH3 is 2. The van der Waals surface area contributed by atoms with E-state index in [9.17, 15) is 0 Å². The summed E-state index contributed by atoms with van der Waals surface area (Å²) in [6.45, 7) is 0. The van der Waals surface area contributed by atoms with Crippen LogP contribution < -0.4 is 14.8 Å². The first kappa shape index (κ1) is 16.4. The molecule has 2 aliphatic rings. The number of ether oxygens (including phenoxy) is 2. The van der Waals surface area contributed by atoms with E-state index in [4.69, 9.17) is 14.0 Å². The van der Waals surface area contributed by atoms with E-state index in [1.165, 1.54) is 25.7 Å². The van der Waals surface area contributed by atoms with Crippen molar-refractivity contribution in [2.24, 2.45) is 5.92 Å². The number of fused-ring (bicyclic) bond motifs is 1. The summed E-state index contributed by atoms with van der Waals surface area (Å²) in [4.78, 5) is 4.63. The zero-order valence-electron chi connectivity index (χ0n) is 14.8. The minimum absolute atomic E-state index is 0.208. The standard InChI is InChI=1S/C19H25N3O3/c1-23-16-8-7-12(9-17(16)24-2)10-18-21-19(25-22-18)15-11-13-5-3-4-6-14(13)20-15/h7-9,13-15,20H,3-6,10-11H2,1-2H3. The predicted molar refractivity (Wildman–Crippen MR) is 92.9 cm³/mol. The number of hydrogen-bond donors (Lipinski definition) is 1. The molecule has 1 saturated heterocycles. The van der Waals surface area contributed by atoms with E-state index in [0.29, 0.717) is 24.0 Å². The van der Waals surface area contributed by atoms with Crippen LogP contribution in [-0.2, 0) is 6.42 Å². The summed E-state index contributed by atoms with van der Waals surface area (Å²) in [6, 6.07) is 6.69. The Morgan fingerprint density at radius 1 is 1.16 bits per heavy atom. The molecule has 134 valence electrons. The van der Waals surface area contributed by atoms with Crippen LogP contribution in [-0.4, -0.2) is 30.4 Å². The Labute approximate surface area is 147 Å². The van der Waals surface area contributed by atoms with Crippen molar-refractivity contribution in [2.45, 2.75) is 50.6 Å². The third kappa shape index (κ3) is 3.35. The van der Waals surface area contributed by atoms with Gasteiger partial charge in [0.05, 0.1) is 20.3 Å². The van der Waals surface area contributed by atoms with Gasteiger partial charge in [-0.05, 0) is 42.9 Å². The molecule has 6 heteroatoms. The van der Waals surface area contributed by atoms with E-state index >= 15 is 0 Å². The van der Waals surface area contributed by atoms with Gasteiger partial charge in [-0.25, -0.2) is 0 Å². The highest BCUT2D eigenvalue weighted by Crippen LogP contribution is 2.38. The first-order valence-electron chi connectivity index (χ1n) is 9.06. The van der Waals surface area contributed by atoms with E-state index in [0.717, 1.165) is 29.5 Å². The smallest absolute Gasteiger partial charge is 0.243 e.